The Hall–Kier alpha value is -1.23. The molecule has 0 aromatic carbocycles. The van der Waals surface area contributed by atoms with E-state index in [1.54, 1.807) is 0 Å². The number of aromatic nitrogens is 1. The number of sulfonamides is 1. The molecule has 22 heavy (non-hydrogen) atoms. The summed E-state index contributed by atoms with van der Waals surface area (Å²) in [6.45, 7) is 0. The Kier molecular flexibility index (Phi) is 5.37. The lowest BCUT2D eigenvalue weighted by atomic mass is 10.5. The highest BCUT2D eigenvalue weighted by Gasteiger charge is 2.17. The van der Waals surface area contributed by atoms with E-state index in [2.05, 4.69) is 9.71 Å². The third-order valence-electron chi connectivity index (χ3n) is 2.83. The summed E-state index contributed by atoms with van der Waals surface area (Å²) >= 11 is 1.45. The first-order valence-electron chi connectivity index (χ1n) is 6.41. The summed E-state index contributed by atoms with van der Waals surface area (Å²) in [5, 5.41) is 1.87. The van der Waals surface area contributed by atoms with Gasteiger partial charge in [-0.2, -0.15) is 0 Å². The smallest absolute Gasteiger partial charge is 0.236 e. The molecule has 0 radical (unpaired) electrons. The van der Waals surface area contributed by atoms with Crippen molar-refractivity contribution in [1.82, 2.24) is 9.71 Å². The zero-order valence-electron chi connectivity index (χ0n) is 11.9. The summed E-state index contributed by atoms with van der Waals surface area (Å²) in [5.74, 6) is -0.309. The number of nitrogens with one attached hydrogen (secondary N) is 1. The van der Waals surface area contributed by atoms with E-state index in [9.17, 15) is 16.8 Å². The van der Waals surface area contributed by atoms with Crippen molar-refractivity contribution in [3.63, 3.8) is 0 Å². The Morgan fingerprint density at radius 1 is 1.27 bits per heavy atom. The lowest BCUT2D eigenvalue weighted by Gasteiger charge is -2.03. The van der Waals surface area contributed by atoms with Gasteiger partial charge in [0.25, 0.3) is 0 Å². The zero-order chi connectivity index (χ0) is 16.2. The normalized spacial score (nSPS) is 12.6. The fourth-order valence-corrected chi connectivity index (χ4v) is 4.63. The van der Waals surface area contributed by atoms with Gasteiger partial charge in [0, 0.05) is 0 Å². The first-order chi connectivity index (χ1) is 10.3. The van der Waals surface area contributed by atoms with Gasteiger partial charge in [-0.3, -0.25) is 0 Å². The van der Waals surface area contributed by atoms with Gasteiger partial charge < -0.3 is 4.42 Å². The van der Waals surface area contributed by atoms with Gasteiger partial charge in [0.15, 0.2) is 9.84 Å². The van der Waals surface area contributed by atoms with Gasteiger partial charge in [-0.1, -0.05) is 6.07 Å². The van der Waals surface area contributed by atoms with Crippen molar-refractivity contribution in [2.75, 3.05) is 18.6 Å². The van der Waals surface area contributed by atoms with E-state index in [1.165, 1.54) is 24.6 Å². The standard InChI is InChI=1S/C12H16N2O5S3/c1-13-22(17,18)7-3-6-21(15,16)9-10-8-19-12(14-10)11-4-2-5-20-11/h2,4-5,8,13H,3,6-7,9H2,1H3. The number of nitrogens with zero attached hydrogens (tertiary/aromatic N) is 1. The van der Waals surface area contributed by atoms with Gasteiger partial charge in [-0.15, -0.1) is 11.3 Å². The Morgan fingerprint density at radius 2 is 2.05 bits per heavy atom. The van der Waals surface area contributed by atoms with E-state index in [0.29, 0.717) is 11.6 Å². The first-order valence-corrected chi connectivity index (χ1v) is 10.8. The number of thiophene rings is 1. The molecule has 7 nitrogen and oxygen atoms in total. The molecule has 2 rings (SSSR count). The molecule has 0 spiro atoms. The minimum atomic E-state index is -3.43. The molecule has 2 aromatic heterocycles. The Labute approximate surface area is 133 Å². The Balaban J connectivity index is 1.95. The highest BCUT2D eigenvalue weighted by Crippen LogP contribution is 2.24. The highest BCUT2D eigenvalue weighted by atomic mass is 32.2. The number of hydrogen-bond donors (Lipinski definition) is 1. The van der Waals surface area contributed by atoms with Crippen LogP contribution in [0.25, 0.3) is 10.8 Å². The Morgan fingerprint density at radius 3 is 2.68 bits per heavy atom. The van der Waals surface area contributed by atoms with E-state index in [4.69, 9.17) is 4.42 Å². The minimum Gasteiger partial charge on any atom is -0.444 e. The molecule has 0 aliphatic rings. The lowest BCUT2D eigenvalue weighted by molar-refractivity contribution is 0.572. The fraction of sp³-hybridized carbons (Fsp3) is 0.417. The van der Waals surface area contributed by atoms with Crippen molar-refractivity contribution in [3.05, 3.63) is 29.5 Å². The van der Waals surface area contributed by atoms with Crippen molar-refractivity contribution >= 4 is 31.2 Å². The van der Waals surface area contributed by atoms with E-state index < -0.39 is 19.9 Å². The molecular weight excluding hydrogens is 348 g/mol. The van der Waals surface area contributed by atoms with Gasteiger partial charge in [0.1, 0.15) is 6.26 Å². The predicted octanol–water partition coefficient (Wildman–Crippen LogP) is 1.26. The minimum absolute atomic E-state index is 0.0428. The van der Waals surface area contributed by atoms with E-state index >= 15 is 0 Å². The second-order valence-corrected chi connectivity index (χ2v) is 9.77. The lowest BCUT2D eigenvalue weighted by Crippen LogP contribution is -2.23. The van der Waals surface area contributed by atoms with E-state index in [0.717, 1.165) is 4.88 Å². The van der Waals surface area contributed by atoms with Crippen LogP contribution in [0.1, 0.15) is 12.1 Å². The van der Waals surface area contributed by atoms with Crippen LogP contribution in [-0.2, 0) is 25.6 Å². The highest BCUT2D eigenvalue weighted by molar-refractivity contribution is 7.91. The summed E-state index contributed by atoms with van der Waals surface area (Å²) < 4.78 is 53.9. The number of oxazole rings is 1. The summed E-state index contributed by atoms with van der Waals surface area (Å²) in [5.41, 5.74) is 0.319. The van der Waals surface area contributed by atoms with E-state index in [1.807, 2.05) is 17.5 Å². The van der Waals surface area contributed by atoms with Crippen LogP contribution in [0.4, 0.5) is 0 Å². The average Bonchev–Trinajstić information content (AvgIpc) is 3.08. The van der Waals surface area contributed by atoms with Gasteiger partial charge in [0.05, 0.1) is 27.8 Å². The molecule has 0 atom stereocenters. The maximum absolute atomic E-state index is 12.0. The SMILES string of the molecule is CNS(=O)(=O)CCCS(=O)(=O)Cc1coc(-c2cccs2)n1. The van der Waals surface area contributed by atoms with Crippen molar-refractivity contribution in [3.8, 4) is 10.8 Å². The molecule has 0 amide bonds. The molecule has 2 heterocycles. The van der Waals surface area contributed by atoms with Gasteiger partial charge in [0.2, 0.25) is 15.9 Å². The van der Waals surface area contributed by atoms with Crippen LogP contribution in [0.15, 0.2) is 28.2 Å². The molecule has 2 aromatic rings. The molecule has 0 saturated carbocycles. The number of sulfone groups is 1. The molecule has 0 saturated heterocycles. The van der Waals surface area contributed by atoms with Crippen LogP contribution in [0.3, 0.4) is 0 Å². The fourth-order valence-electron chi connectivity index (χ4n) is 1.76. The van der Waals surface area contributed by atoms with Crippen LogP contribution in [0.5, 0.6) is 0 Å². The molecule has 0 fully saturated rings. The third kappa shape index (κ3) is 4.90. The number of rotatable bonds is 8. The van der Waals surface area contributed by atoms with Crippen LogP contribution < -0.4 is 4.72 Å². The van der Waals surface area contributed by atoms with Gasteiger partial charge in [-0.05, 0) is 24.9 Å². The molecule has 122 valence electrons. The van der Waals surface area contributed by atoms with Crippen molar-refractivity contribution in [2.45, 2.75) is 12.2 Å². The monoisotopic (exact) mass is 364 g/mol. The topological polar surface area (TPSA) is 106 Å². The van der Waals surface area contributed by atoms with Crippen LogP contribution in [0.2, 0.25) is 0 Å². The summed E-state index contributed by atoms with van der Waals surface area (Å²) in [6.07, 6.45) is 1.36. The second-order valence-electron chi connectivity index (χ2n) is 4.59. The van der Waals surface area contributed by atoms with Crippen LogP contribution in [0, 0.1) is 0 Å². The van der Waals surface area contributed by atoms with Crippen LogP contribution >= 0.6 is 11.3 Å². The second kappa shape index (κ2) is 6.90. The van der Waals surface area contributed by atoms with Crippen molar-refractivity contribution < 1.29 is 21.3 Å². The molecule has 1 N–H and O–H groups in total. The Bertz CT molecular complexity index is 807. The molecule has 0 aliphatic heterocycles. The van der Waals surface area contributed by atoms with Crippen molar-refractivity contribution in [1.29, 1.82) is 0 Å². The maximum Gasteiger partial charge on any atom is 0.236 e. The van der Waals surface area contributed by atoms with Gasteiger partial charge in [-0.25, -0.2) is 26.5 Å². The molecular formula is C12H16N2O5S3. The summed E-state index contributed by atoms with van der Waals surface area (Å²) in [7, 11) is -5.52. The van der Waals surface area contributed by atoms with Crippen molar-refractivity contribution in [2.24, 2.45) is 0 Å². The molecule has 0 bridgehead atoms. The van der Waals surface area contributed by atoms with Gasteiger partial charge >= 0.3 is 0 Å². The molecule has 10 heteroatoms. The predicted molar refractivity (Wildman–Crippen MR) is 84.8 cm³/mol. The first kappa shape index (κ1) is 17.1. The molecule has 0 unspecified atom stereocenters. The van der Waals surface area contributed by atoms with Crippen LogP contribution in [-0.4, -0.2) is 40.4 Å². The maximum atomic E-state index is 12.0. The quantitative estimate of drug-likeness (QED) is 0.756. The zero-order valence-corrected chi connectivity index (χ0v) is 14.3. The average molecular weight is 364 g/mol. The largest absolute Gasteiger partial charge is 0.444 e. The van der Waals surface area contributed by atoms with E-state index in [-0.39, 0.29) is 23.7 Å². The summed E-state index contributed by atoms with van der Waals surface area (Å²) in [6, 6.07) is 3.68. The summed E-state index contributed by atoms with van der Waals surface area (Å²) in [4.78, 5) is 4.97. The molecule has 0 aliphatic carbocycles. The third-order valence-corrected chi connectivity index (χ3v) is 6.78. The number of hydrogen-bond acceptors (Lipinski definition) is 7.